The van der Waals surface area contributed by atoms with E-state index in [4.69, 9.17) is 9.84 Å². The summed E-state index contributed by atoms with van der Waals surface area (Å²) in [7, 11) is 0. The molecule has 0 bridgehead atoms. The quantitative estimate of drug-likeness (QED) is 0.805. The fraction of sp³-hybridized carbons (Fsp3) is 0.357. The van der Waals surface area contributed by atoms with Crippen LogP contribution in [0, 0.1) is 0 Å². The maximum atomic E-state index is 12.0. The third kappa shape index (κ3) is 2.47. The summed E-state index contributed by atoms with van der Waals surface area (Å²) in [6.45, 7) is 0.954. The van der Waals surface area contributed by atoms with Gasteiger partial charge in [-0.15, -0.1) is 0 Å². The van der Waals surface area contributed by atoms with Crippen LogP contribution in [0.3, 0.4) is 0 Å². The van der Waals surface area contributed by atoms with Gasteiger partial charge in [0.25, 0.3) is 0 Å². The number of carboxylic acids is 1. The summed E-state index contributed by atoms with van der Waals surface area (Å²) >= 11 is 0. The number of nitrogens with one attached hydrogen (secondary N) is 1. The van der Waals surface area contributed by atoms with Crippen molar-refractivity contribution in [3.63, 3.8) is 0 Å². The van der Waals surface area contributed by atoms with E-state index in [0.29, 0.717) is 24.2 Å². The number of H-pyrrole nitrogens is 1. The topological polar surface area (TPSA) is 101 Å². The predicted octanol–water partition coefficient (Wildman–Crippen LogP) is 0.567. The summed E-state index contributed by atoms with van der Waals surface area (Å²) in [6.07, 6.45) is 1.68. The number of rotatable bonds is 3. The number of benzene rings is 1. The lowest BCUT2D eigenvalue weighted by molar-refractivity contribution is 0.0697. The molecule has 1 saturated heterocycles. The first kappa shape index (κ1) is 13.6. The van der Waals surface area contributed by atoms with E-state index in [1.165, 1.54) is 22.8 Å². The smallest absolute Gasteiger partial charge is 0.335 e. The maximum absolute atomic E-state index is 12.0. The maximum Gasteiger partial charge on any atom is 0.335 e. The van der Waals surface area contributed by atoms with Gasteiger partial charge < -0.3 is 14.8 Å². The Morgan fingerprint density at radius 1 is 1.43 bits per heavy atom. The van der Waals surface area contributed by atoms with Crippen LogP contribution >= 0.6 is 0 Å². The molecule has 2 N–H and O–H groups in total. The van der Waals surface area contributed by atoms with Crippen LogP contribution in [0.25, 0.3) is 11.0 Å². The van der Waals surface area contributed by atoms with Gasteiger partial charge in [0, 0.05) is 6.61 Å². The molecular weight excluding hydrogens is 276 g/mol. The van der Waals surface area contributed by atoms with Crippen molar-refractivity contribution >= 4 is 17.0 Å². The van der Waals surface area contributed by atoms with E-state index in [-0.39, 0.29) is 11.7 Å². The Kier molecular flexibility index (Phi) is 3.34. The number of carboxylic acid groups (broad SMARTS) is 1. The molecule has 1 aromatic heterocycles. The Hall–Kier alpha value is -2.41. The van der Waals surface area contributed by atoms with E-state index >= 15 is 0 Å². The van der Waals surface area contributed by atoms with Crippen LogP contribution in [0.2, 0.25) is 0 Å². The molecule has 21 heavy (non-hydrogen) atoms. The molecule has 2 heterocycles. The van der Waals surface area contributed by atoms with Gasteiger partial charge in [-0.25, -0.2) is 4.79 Å². The largest absolute Gasteiger partial charge is 0.478 e. The average molecular weight is 290 g/mol. The lowest BCUT2D eigenvalue weighted by Crippen LogP contribution is -2.38. The summed E-state index contributed by atoms with van der Waals surface area (Å²) in [5, 5.41) is 8.99. The summed E-state index contributed by atoms with van der Waals surface area (Å²) in [6, 6.07) is 4.30. The summed E-state index contributed by atoms with van der Waals surface area (Å²) in [5.74, 6) is -1.09. The zero-order valence-corrected chi connectivity index (χ0v) is 11.2. The Morgan fingerprint density at radius 2 is 2.24 bits per heavy atom. The highest BCUT2D eigenvalue weighted by Crippen LogP contribution is 2.16. The van der Waals surface area contributed by atoms with Crippen LogP contribution < -0.4 is 11.1 Å². The zero-order valence-electron chi connectivity index (χ0n) is 11.2. The van der Waals surface area contributed by atoms with Crippen molar-refractivity contribution in [1.82, 2.24) is 9.55 Å². The molecular formula is C14H14N2O5. The first-order valence-corrected chi connectivity index (χ1v) is 6.68. The SMILES string of the molecule is O=C(O)c1ccc2c(c1)[nH]c(=O)c(=O)n2CC1CCCO1. The molecule has 1 fully saturated rings. The van der Waals surface area contributed by atoms with Crippen LogP contribution in [-0.4, -0.2) is 33.3 Å². The monoisotopic (exact) mass is 290 g/mol. The molecule has 1 atom stereocenters. The highest BCUT2D eigenvalue weighted by atomic mass is 16.5. The molecule has 110 valence electrons. The molecule has 1 aromatic carbocycles. The Morgan fingerprint density at radius 3 is 2.90 bits per heavy atom. The molecule has 3 rings (SSSR count). The minimum Gasteiger partial charge on any atom is -0.478 e. The minimum atomic E-state index is -1.09. The zero-order chi connectivity index (χ0) is 15.0. The molecule has 0 amide bonds. The van der Waals surface area contributed by atoms with Crippen molar-refractivity contribution in [2.24, 2.45) is 0 Å². The Labute approximate surface area is 118 Å². The van der Waals surface area contributed by atoms with E-state index in [0.717, 1.165) is 12.8 Å². The van der Waals surface area contributed by atoms with Crippen molar-refractivity contribution in [2.45, 2.75) is 25.5 Å². The fourth-order valence-corrected chi connectivity index (χ4v) is 2.59. The fourth-order valence-electron chi connectivity index (χ4n) is 2.59. The van der Waals surface area contributed by atoms with Gasteiger partial charge in [-0.3, -0.25) is 14.2 Å². The van der Waals surface area contributed by atoms with Gasteiger partial charge in [0.1, 0.15) is 0 Å². The van der Waals surface area contributed by atoms with Gasteiger partial charge in [0.15, 0.2) is 0 Å². The van der Waals surface area contributed by atoms with Crippen molar-refractivity contribution in [1.29, 1.82) is 0 Å². The normalized spacial score (nSPS) is 18.2. The second-order valence-electron chi connectivity index (χ2n) is 5.04. The third-order valence-electron chi connectivity index (χ3n) is 3.63. The molecule has 0 aliphatic carbocycles. The Balaban J connectivity index is 2.16. The van der Waals surface area contributed by atoms with Gasteiger partial charge in [-0.1, -0.05) is 0 Å². The van der Waals surface area contributed by atoms with Crippen molar-refractivity contribution in [2.75, 3.05) is 6.61 Å². The molecule has 1 aliphatic rings. The van der Waals surface area contributed by atoms with Gasteiger partial charge in [-0.05, 0) is 31.0 Å². The minimum absolute atomic E-state index is 0.0560. The lowest BCUT2D eigenvalue weighted by Gasteiger charge is -2.14. The van der Waals surface area contributed by atoms with Crippen molar-refractivity contribution < 1.29 is 14.6 Å². The van der Waals surface area contributed by atoms with E-state index in [9.17, 15) is 14.4 Å². The van der Waals surface area contributed by atoms with Crippen LogP contribution in [0.4, 0.5) is 0 Å². The van der Waals surface area contributed by atoms with Crippen LogP contribution in [0.1, 0.15) is 23.2 Å². The van der Waals surface area contributed by atoms with E-state index in [1.807, 2.05) is 0 Å². The van der Waals surface area contributed by atoms with Crippen LogP contribution in [0.5, 0.6) is 0 Å². The average Bonchev–Trinajstić information content (AvgIpc) is 2.96. The Bertz CT molecular complexity index is 814. The number of fused-ring (bicyclic) bond motifs is 1. The summed E-state index contributed by atoms with van der Waals surface area (Å²) in [5.41, 5.74) is -0.526. The highest BCUT2D eigenvalue weighted by molar-refractivity contribution is 5.92. The first-order chi connectivity index (χ1) is 10.1. The molecule has 0 saturated carbocycles. The number of aromatic nitrogens is 2. The highest BCUT2D eigenvalue weighted by Gasteiger charge is 2.19. The molecule has 1 aliphatic heterocycles. The molecule has 1 unspecified atom stereocenters. The van der Waals surface area contributed by atoms with Gasteiger partial charge in [0.2, 0.25) is 0 Å². The molecule has 0 spiro atoms. The number of aromatic amines is 1. The lowest BCUT2D eigenvalue weighted by atomic mass is 10.2. The number of nitrogens with zero attached hydrogens (tertiary/aromatic N) is 1. The summed E-state index contributed by atoms with van der Waals surface area (Å²) in [4.78, 5) is 37.2. The second kappa shape index (κ2) is 5.17. The first-order valence-electron chi connectivity index (χ1n) is 6.68. The van der Waals surface area contributed by atoms with Crippen molar-refractivity contribution in [3.05, 3.63) is 44.5 Å². The predicted molar refractivity (Wildman–Crippen MR) is 74.8 cm³/mol. The number of aromatic carboxylic acids is 1. The van der Waals surface area contributed by atoms with Gasteiger partial charge >= 0.3 is 17.1 Å². The molecule has 2 aromatic rings. The molecule has 7 nitrogen and oxygen atoms in total. The van der Waals surface area contributed by atoms with Gasteiger partial charge in [0.05, 0.1) is 29.2 Å². The van der Waals surface area contributed by atoms with Gasteiger partial charge in [-0.2, -0.15) is 0 Å². The molecule has 0 radical (unpaired) electrons. The summed E-state index contributed by atoms with van der Waals surface area (Å²) < 4.78 is 6.85. The molecule has 7 heteroatoms. The van der Waals surface area contributed by atoms with Crippen molar-refractivity contribution in [3.8, 4) is 0 Å². The standard InChI is InChI=1S/C14H14N2O5/c17-12-13(18)16(7-9-2-1-5-21-9)11-4-3-8(14(19)20)6-10(11)15-12/h3-4,6,9H,1-2,5,7H2,(H,15,17)(H,19,20). The number of carbonyl (C=O) groups is 1. The van der Waals surface area contributed by atoms with Crippen LogP contribution in [-0.2, 0) is 11.3 Å². The van der Waals surface area contributed by atoms with E-state index < -0.39 is 17.1 Å². The van der Waals surface area contributed by atoms with Crippen LogP contribution in [0.15, 0.2) is 27.8 Å². The number of hydrogen-bond donors (Lipinski definition) is 2. The number of ether oxygens (including phenoxy) is 1. The second-order valence-corrected chi connectivity index (χ2v) is 5.04. The van der Waals surface area contributed by atoms with E-state index in [2.05, 4.69) is 4.98 Å². The third-order valence-corrected chi connectivity index (χ3v) is 3.63. The number of hydrogen-bond acceptors (Lipinski definition) is 4. The van der Waals surface area contributed by atoms with E-state index in [1.54, 1.807) is 0 Å².